The second-order valence-corrected chi connectivity index (χ2v) is 9.26. The van der Waals surface area contributed by atoms with Crippen LogP contribution in [0.1, 0.15) is 51.9 Å². The number of likely N-dealkylation sites (tertiary alicyclic amines) is 1. The highest BCUT2D eigenvalue weighted by Gasteiger charge is 2.39. The fourth-order valence-electron chi connectivity index (χ4n) is 4.90. The van der Waals surface area contributed by atoms with Crippen molar-refractivity contribution < 1.29 is 28.6 Å². The molecule has 0 aromatic heterocycles. The average Bonchev–Trinajstić information content (AvgIpc) is 3.28. The number of piperidine rings is 1. The summed E-state index contributed by atoms with van der Waals surface area (Å²) in [5, 5.41) is 3.03. The summed E-state index contributed by atoms with van der Waals surface area (Å²) in [5.41, 5.74) is 0.596. The predicted octanol–water partition coefficient (Wildman–Crippen LogP) is 3.00. The van der Waals surface area contributed by atoms with Gasteiger partial charge in [-0.15, -0.1) is 0 Å². The number of nitrogens with one attached hydrogen (secondary N) is 1. The first-order chi connectivity index (χ1) is 16.9. The van der Waals surface area contributed by atoms with E-state index in [0.29, 0.717) is 42.6 Å². The van der Waals surface area contributed by atoms with Gasteiger partial charge in [-0.05, 0) is 19.3 Å². The molecule has 2 heterocycles. The molecule has 0 saturated carbocycles. The van der Waals surface area contributed by atoms with Gasteiger partial charge in [-0.1, -0.05) is 26.2 Å². The standard InChI is InChI=1S/C26H39N3O6/c1-5-6-7-8-11-27-25(31)18-10-9-12-28(16-18)26(32)19-13-23(30)29(17-19)20-14-21(33-2)24(35-4)22(15-20)34-3/h14-15,18-19H,5-13,16-17H2,1-4H3,(H,27,31). The second-order valence-electron chi connectivity index (χ2n) is 9.26. The van der Waals surface area contributed by atoms with Gasteiger partial charge in [-0.2, -0.15) is 0 Å². The number of anilines is 1. The maximum Gasteiger partial charge on any atom is 0.228 e. The van der Waals surface area contributed by atoms with Crippen LogP contribution < -0.4 is 24.4 Å². The molecule has 194 valence electrons. The zero-order chi connectivity index (χ0) is 25.4. The van der Waals surface area contributed by atoms with Gasteiger partial charge in [0.25, 0.3) is 0 Å². The topological polar surface area (TPSA) is 97.4 Å². The summed E-state index contributed by atoms with van der Waals surface area (Å²) in [6.07, 6.45) is 6.14. The Labute approximate surface area is 208 Å². The maximum atomic E-state index is 13.3. The summed E-state index contributed by atoms with van der Waals surface area (Å²) < 4.78 is 16.2. The maximum absolute atomic E-state index is 13.3. The zero-order valence-corrected chi connectivity index (χ0v) is 21.4. The molecule has 0 bridgehead atoms. The Morgan fingerprint density at radius 3 is 2.34 bits per heavy atom. The van der Waals surface area contributed by atoms with Crippen LogP contribution >= 0.6 is 0 Å². The molecule has 0 aliphatic carbocycles. The minimum absolute atomic E-state index is 0.0283. The number of ether oxygens (including phenoxy) is 3. The summed E-state index contributed by atoms with van der Waals surface area (Å²) >= 11 is 0. The van der Waals surface area contributed by atoms with Crippen LogP contribution in [0.15, 0.2) is 12.1 Å². The molecule has 0 radical (unpaired) electrons. The summed E-state index contributed by atoms with van der Waals surface area (Å²) in [4.78, 5) is 42.2. The van der Waals surface area contributed by atoms with Gasteiger partial charge in [0.05, 0.1) is 38.9 Å². The molecule has 9 nitrogen and oxygen atoms in total. The highest BCUT2D eigenvalue weighted by atomic mass is 16.5. The SMILES string of the molecule is CCCCCCNC(=O)C1CCCN(C(=O)C2CC(=O)N(c3cc(OC)c(OC)c(OC)c3)C2)C1. The first-order valence-electron chi connectivity index (χ1n) is 12.6. The van der Waals surface area contributed by atoms with Crippen molar-refractivity contribution >= 4 is 23.4 Å². The van der Waals surface area contributed by atoms with Gasteiger partial charge in [0.1, 0.15) is 0 Å². The van der Waals surface area contributed by atoms with Crippen LogP contribution in [0.3, 0.4) is 0 Å². The van der Waals surface area contributed by atoms with E-state index in [0.717, 1.165) is 32.1 Å². The number of methoxy groups -OCH3 is 3. The van der Waals surface area contributed by atoms with E-state index in [9.17, 15) is 14.4 Å². The molecule has 35 heavy (non-hydrogen) atoms. The Morgan fingerprint density at radius 2 is 1.71 bits per heavy atom. The first-order valence-corrected chi connectivity index (χ1v) is 12.6. The van der Waals surface area contributed by atoms with Gasteiger partial charge in [0.2, 0.25) is 23.5 Å². The minimum atomic E-state index is -0.447. The number of rotatable bonds is 11. The lowest BCUT2D eigenvalue weighted by atomic mass is 9.95. The molecule has 9 heteroatoms. The smallest absolute Gasteiger partial charge is 0.228 e. The van der Waals surface area contributed by atoms with E-state index in [1.165, 1.54) is 27.8 Å². The van der Waals surface area contributed by atoms with E-state index in [4.69, 9.17) is 14.2 Å². The van der Waals surface area contributed by atoms with Crippen LogP contribution in [0.2, 0.25) is 0 Å². The third kappa shape index (κ3) is 6.38. The minimum Gasteiger partial charge on any atom is -0.493 e. The molecule has 2 atom stereocenters. The van der Waals surface area contributed by atoms with Crippen molar-refractivity contribution in [1.29, 1.82) is 0 Å². The Morgan fingerprint density at radius 1 is 1.00 bits per heavy atom. The van der Waals surface area contributed by atoms with Gasteiger partial charge in [0.15, 0.2) is 11.5 Å². The third-order valence-corrected chi connectivity index (χ3v) is 6.87. The Bertz CT molecular complexity index is 880. The molecule has 2 unspecified atom stereocenters. The fourth-order valence-corrected chi connectivity index (χ4v) is 4.90. The van der Waals surface area contributed by atoms with Crippen molar-refractivity contribution in [3.8, 4) is 17.2 Å². The largest absolute Gasteiger partial charge is 0.493 e. The molecular weight excluding hydrogens is 450 g/mol. The van der Waals surface area contributed by atoms with Crippen LogP contribution in [0.25, 0.3) is 0 Å². The molecule has 1 aromatic rings. The van der Waals surface area contributed by atoms with E-state index in [1.807, 2.05) is 0 Å². The molecule has 3 amide bonds. The van der Waals surface area contributed by atoms with Crippen LogP contribution in [-0.2, 0) is 14.4 Å². The van der Waals surface area contributed by atoms with Gasteiger partial charge < -0.3 is 29.3 Å². The number of hydrogen-bond acceptors (Lipinski definition) is 6. The fraction of sp³-hybridized carbons (Fsp3) is 0.654. The normalized spacial score (nSPS) is 20.1. The lowest BCUT2D eigenvalue weighted by Crippen LogP contribution is -2.47. The molecule has 1 N–H and O–H groups in total. The molecule has 2 saturated heterocycles. The van der Waals surface area contributed by atoms with Crippen molar-refractivity contribution in [3.63, 3.8) is 0 Å². The van der Waals surface area contributed by atoms with Crippen molar-refractivity contribution in [2.75, 3.05) is 52.4 Å². The molecule has 3 rings (SSSR count). The van der Waals surface area contributed by atoms with Crippen LogP contribution in [0, 0.1) is 11.8 Å². The van der Waals surface area contributed by atoms with Crippen LogP contribution in [0.5, 0.6) is 17.2 Å². The predicted molar refractivity (Wildman–Crippen MR) is 133 cm³/mol. The number of carbonyl (C=O) groups is 3. The van der Waals surface area contributed by atoms with Gasteiger partial charge >= 0.3 is 0 Å². The van der Waals surface area contributed by atoms with E-state index in [2.05, 4.69) is 12.2 Å². The average molecular weight is 490 g/mol. The number of benzene rings is 1. The summed E-state index contributed by atoms with van der Waals surface area (Å²) in [6, 6.07) is 3.43. The lowest BCUT2D eigenvalue weighted by molar-refractivity contribution is -0.139. The van der Waals surface area contributed by atoms with E-state index < -0.39 is 5.92 Å². The summed E-state index contributed by atoms with van der Waals surface area (Å²) in [7, 11) is 4.56. The molecule has 0 spiro atoms. The monoisotopic (exact) mass is 489 g/mol. The highest BCUT2D eigenvalue weighted by molar-refractivity contribution is 6.01. The van der Waals surface area contributed by atoms with Crippen LogP contribution in [-0.4, -0.2) is 70.1 Å². The number of hydrogen-bond donors (Lipinski definition) is 1. The van der Waals surface area contributed by atoms with Crippen molar-refractivity contribution in [1.82, 2.24) is 10.2 Å². The van der Waals surface area contributed by atoms with E-state index in [1.54, 1.807) is 21.9 Å². The lowest BCUT2D eigenvalue weighted by Gasteiger charge is -2.33. The second kappa shape index (κ2) is 12.7. The quantitative estimate of drug-likeness (QED) is 0.480. The number of carbonyl (C=O) groups excluding carboxylic acids is 3. The number of amides is 3. The van der Waals surface area contributed by atoms with Gasteiger partial charge in [0, 0.05) is 44.7 Å². The van der Waals surface area contributed by atoms with Gasteiger partial charge in [-0.25, -0.2) is 0 Å². The molecule has 1 aromatic carbocycles. The van der Waals surface area contributed by atoms with E-state index >= 15 is 0 Å². The Hall–Kier alpha value is -2.97. The zero-order valence-electron chi connectivity index (χ0n) is 21.4. The molecular formula is C26H39N3O6. The van der Waals surface area contributed by atoms with Crippen LogP contribution in [0.4, 0.5) is 5.69 Å². The van der Waals surface area contributed by atoms with Crippen molar-refractivity contribution in [2.24, 2.45) is 11.8 Å². The number of unbranched alkanes of at least 4 members (excludes halogenated alkanes) is 3. The number of nitrogens with zero attached hydrogens (tertiary/aromatic N) is 2. The third-order valence-electron chi connectivity index (χ3n) is 6.87. The van der Waals surface area contributed by atoms with E-state index in [-0.39, 0.29) is 36.6 Å². The molecule has 2 aliphatic heterocycles. The summed E-state index contributed by atoms with van der Waals surface area (Å²) in [6.45, 7) is 4.15. The summed E-state index contributed by atoms with van der Waals surface area (Å²) in [5.74, 6) is 0.541. The molecule has 2 fully saturated rings. The first kappa shape index (κ1) is 26.6. The molecule has 2 aliphatic rings. The Kier molecular flexibility index (Phi) is 9.63. The highest BCUT2D eigenvalue weighted by Crippen LogP contribution is 2.42. The van der Waals surface area contributed by atoms with Crippen molar-refractivity contribution in [2.45, 2.75) is 51.9 Å². The van der Waals surface area contributed by atoms with Crippen molar-refractivity contribution in [3.05, 3.63) is 12.1 Å². The van der Waals surface area contributed by atoms with Gasteiger partial charge in [-0.3, -0.25) is 14.4 Å². The Balaban J connectivity index is 1.62.